The van der Waals surface area contributed by atoms with Gasteiger partial charge in [0.2, 0.25) is 5.91 Å². The van der Waals surface area contributed by atoms with Crippen molar-refractivity contribution in [3.05, 3.63) is 78.0 Å². The van der Waals surface area contributed by atoms with Crippen LogP contribution in [0, 0.1) is 6.92 Å². The summed E-state index contributed by atoms with van der Waals surface area (Å²) in [4.78, 5) is 28.0. The molecule has 2 heterocycles. The van der Waals surface area contributed by atoms with Crippen LogP contribution in [0.25, 0.3) is 11.3 Å². The lowest BCUT2D eigenvalue weighted by atomic mass is 10.1. The molecule has 0 aliphatic carbocycles. The minimum atomic E-state index is 0.129. The first kappa shape index (κ1) is 18.7. The average molecular weight is 360 g/mol. The molecule has 5 nitrogen and oxygen atoms in total. The van der Waals surface area contributed by atoms with E-state index in [9.17, 15) is 4.79 Å². The number of aromatic nitrogens is 3. The number of carbonyl (C=O) groups is 1. The molecule has 2 aromatic heterocycles. The van der Waals surface area contributed by atoms with E-state index in [0.29, 0.717) is 25.3 Å². The van der Waals surface area contributed by atoms with Crippen molar-refractivity contribution in [2.24, 2.45) is 0 Å². The van der Waals surface area contributed by atoms with Crippen LogP contribution in [0.4, 0.5) is 0 Å². The molecular weight excluding hydrogens is 336 g/mol. The van der Waals surface area contributed by atoms with Crippen molar-refractivity contribution in [2.75, 3.05) is 0 Å². The van der Waals surface area contributed by atoms with Crippen LogP contribution in [-0.2, 0) is 17.9 Å². The Bertz CT molecular complexity index is 881. The van der Waals surface area contributed by atoms with Gasteiger partial charge in [-0.25, -0.2) is 9.97 Å². The van der Waals surface area contributed by atoms with Gasteiger partial charge in [0.25, 0.3) is 0 Å². The van der Waals surface area contributed by atoms with Crippen molar-refractivity contribution in [2.45, 2.75) is 39.8 Å². The lowest BCUT2D eigenvalue weighted by Crippen LogP contribution is -2.30. The molecule has 0 spiro atoms. The zero-order valence-electron chi connectivity index (χ0n) is 15.8. The van der Waals surface area contributed by atoms with Gasteiger partial charge in [0, 0.05) is 30.9 Å². The molecule has 0 unspecified atom stereocenters. The van der Waals surface area contributed by atoms with Gasteiger partial charge in [0.1, 0.15) is 5.82 Å². The van der Waals surface area contributed by atoms with Gasteiger partial charge < -0.3 is 4.90 Å². The molecule has 27 heavy (non-hydrogen) atoms. The average Bonchev–Trinajstić information content (AvgIpc) is 2.69. The molecule has 0 aliphatic rings. The van der Waals surface area contributed by atoms with Gasteiger partial charge in [0.15, 0.2) is 0 Å². The maximum Gasteiger partial charge on any atom is 0.223 e. The first-order valence-electron chi connectivity index (χ1n) is 9.23. The molecular formula is C22H24N4O. The number of benzene rings is 1. The first-order valence-corrected chi connectivity index (χ1v) is 9.23. The Morgan fingerprint density at radius 3 is 2.48 bits per heavy atom. The van der Waals surface area contributed by atoms with E-state index in [4.69, 9.17) is 0 Å². The predicted molar refractivity (Wildman–Crippen MR) is 106 cm³/mol. The minimum absolute atomic E-state index is 0.129. The summed E-state index contributed by atoms with van der Waals surface area (Å²) in [5.41, 5.74) is 3.60. The number of carbonyl (C=O) groups excluding carboxylic acids is 1. The lowest BCUT2D eigenvalue weighted by molar-refractivity contribution is -0.132. The zero-order chi connectivity index (χ0) is 19.1. The van der Waals surface area contributed by atoms with Gasteiger partial charge in [-0.05, 0) is 31.0 Å². The third-order valence-electron chi connectivity index (χ3n) is 4.30. The van der Waals surface area contributed by atoms with Crippen molar-refractivity contribution in [3.63, 3.8) is 0 Å². The highest BCUT2D eigenvalue weighted by Crippen LogP contribution is 2.22. The van der Waals surface area contributed by atoms with Crippen LogP contribution >= 0.6 is 0 Å². The van der Waals surface area contributed by atoms with Gasteiger partial charge in [-0.2, -0.15) is 0 Å². The third kappa shape index (κ3) is 4.97. The van der Waals surface area contributed by atoms with E-state index in [0.717, 1.165) is 28.9 Å². The van der Waals surface area contributed by atoms with E-state index in [1.54, 1.807) is 12.4 Å². The zero-order valence-corrected chi connectivity index (χ0v) is 15.8. The highest BCUT2D eigenvalue weighted by atomic mass is 16.2. The van der Waals surface area contributed by atoms with Crippen LogP contribution in [0.15, 0.2) is 60.9 Å². The SMILES string of the molecule is CCCC(=O)N(Cc1ccccc1)Cc1nc(C)ncc1-c1ccccn1. The molecule has 0 radical (unpaired) electrons. The van der Waals surface area contributed by atoms with Crippen LogP contribution in [-0.4, -0.2) is 25.8 Å². The van der Waals surface area contributed by atoms with Gasteiger partial charge in [-0.1, -0.05) is 43.3 Å². The fourth-order valence-corrected chi connectivity index (χ4v) is 2.96. The second kappa shape index (κ2) is 9.03. The Morgan fingerprint density at radius 2 is 1.78 bits per heavy atom. The van der Waals surface area contributed by atoms with Gasteiger partial charge in [0.05, 0.1) is 17.9 Å². The number of aryl methyl sites for hydroxylation is 1. The van der Waals surface area contributed by atoms with Gasteiger partial charge in [-0.15, -0.1) is 0 Å². The van der Waals surface area contributed by atoms with Crippen LogP contribution < -0.4 is 0 Å². The molecule has 1 amide bonds. The maximum absolute atomic E-state index is 12.8. The Balaban J connectivity index is 1.93. The quantitative estimate of drug-likeness (QED) is 0.634. The number of hydrogen-bond acceptors (Lipinski definition) is 4. The summed E-state index contributed by atoms with van der Waals surface area (Å²) in [5.74, 6) is 0.817. The summed E-state index contributed by atoms with van der Waals surface area (Å²) in [6.45, 7) is 4.88. The van der Waals surface area contributed by atoms with Crippen LogP contribution in [0.1, 0.15) is 36.8 Å². The van der Waals surface area contributed by atoms with Crippen molar-refractivity contribution >= 4 is 5.91 Å². The summed E-state index contributed by atoms with van der Waals surface area (Å²) >= 11 is 0. The Hall–Kier alpha value is -3.08. The molecule has 0 fully saturated rings. The predicted octanol–water partition coefficient (Wildman–Crippen LogP) is 4.18. The second-order valence-corrected chi connectivity index (χ2v) is 6.48. The number of hydrogen-bond donors (Lipinski definition) is 0. The molecule has 0 saturated carbocycles. The van der Waals surface area contributed by atoms with Gasteiger partial charge in [-0.3, -0.25) is 9.78 Å². The Morgan fingerprint density at radius 1 is 1.00 bits per heavy atom. The molecule has 0 aliphatic heterocycles. The third-order valence-corrected chi connectivity index (χ3v) is 4.30. The molecule has 0 saturated heterocycles. The molecule has 0 atom stereocenters. The lowest BCUT2D eigenvalue weighted by Gasteiger charge is -2.23. The largest absolute Gasteiger partial charge is 0.332 e. The summed E-state index contributed by atoms with van der Waals surface area (Å²) < 4.78 is 0. The number of rotatable bonds is 7. The van der Waals surface area contributed by atoms with Crippen molar-refractivity contribution in [1.29, 1.82) is 0 Å². The Kier molecular flexibility index (Phi) is 6.26. The van der Waals surface area contributed by atoms with Crippen molar-refractivity contribution < 1.29 is 4.79 Å². The van der Waals surface area contributed by atoms with E-state index in [1.807, 2.05) is 67.3 Å². The van der Waals surface area contributed by atoms with E-state index < -0.39 is 0 Å². The second-order valence-electron chi connectivity index (χ2n) is 6.48. The normalized spacial score (nSPS) is 10.6. The van der Waals surface area contributed by atoms with E-state index in [2.05, 4.69) is 15.0 Å². The fourth-order valence-electron chi connectivity index (χ4n) is 2.96. The summed E-state index contributed by atoms with van der Waals surface area (Å²) in [7, 11) is 0. The highest BCUT2D eigenvalue weighted by Gasteiger charge is 2.18. The topological polar surface area (TPSA) is 59.0 Å². The monoisotopic (exact) mass is 360 g/mol. The number of pyridine rings is 1. The minimum Gasteiger partial charge on any atom is -0.332 e. The van der Waals surface area contributed by atoms with E-state index in [1.165, 1.54) is 0 Å². The van der Waals surface area contributed by atoms with Gasteiger partial charge >= 0.3 is 0 Å². The molecule has 1 aromatic carbocycles. The standard InChI is InChI=1S/C22H24N4O/c1-3-9-22(27)26(15-18-10-5-4-6-11-18)16-21-19(14-24-17(2)25-21)20-12-7-8-13-23-20/h4-8,10-14H,3,9,15-16H2,1-2H3. The number of amides is 1. The molecule has 3 aromatic rings. The molecule has 138 valence electrons. The van der Waals surface area contributed by atoms with Crippen LogP contribution in [0.2, 0.25) is 0 Å². The molecule has 0 N–H and O–H groups in total. The summed E-state index contributed by atoms with van der Waals surface area (Å²) in [6, 6.07) is 15.8. The maximum atomic E-state index is 12.8. The van der Waals surface area contributed by atoms with Crippen molar-refractivity contribution in [1.82, 2.24) is 19.9 Å². The molecule has 3 rings (SSSR count). The fraction of sp³-hybridized carbons (Fsp3) is 0.273. The Labute approximate surface area is 160 Å². The van der Waals surface area contributed by atoms with Crippen LogP contribution in [0.5, 0.6) is 0 Å². The summed E-state index contributed by atoms with van der Waals surface area (Å²) in [6.07, 6.45) is 4.89. The molecule has 5 heteroatoms. The first-order chi connectivity index (χ1) is 13.2. The van der Waals surface area contributed by atoms with E-state index in [-0.39, 0.29) is 5.91 Å². The van der Waals surface area contributed by atoms with Crippen LogP contribution in [0.3, 0.4) is 0 Å². The summed E-state index contributed by atoms with van der Waals surface area (Å²) in [5, 5.41) is 0. The highest BCUT2D eigenvalue weighted by molar-refractivity contribution is 5.76. The molecule has 0 bridgehead atoms. The van der Waals surface area contributed by atoms with Crippen molar-refractivity contribution in [3.8, 4) is 11.3 Å². The van der Waals surface area contributed by atoms with E-state index >= 15 is 0 Å². The number of nitrogens with zero attached hydrogens (tertiary/aromatic N) is 4. The smallest absolute Gasteiger partial charge is 0.223 e.